The Labute approximate surface area is 162 Å². The van der Waals surface area contributed by atoms with Gasteiger partial charge in [0.05, 0.1) is 10.6 Å². The van der Waals surface area contributed by atoms with Crippen molar-refractivity contribution in [2.45, 2.75) is 18.7 Å². The van der Waals surface area contributed by atoms with Crippen LogP contribution in [0.15, 0.2) is 53.8 Å². The quantitative estimate of drug-likeness (QED) is 0.435. The van der Waals surface area contributed by atoms with Gasteiger partial charge in [-0.1, -0.05) is 12.1 Å². The summed E-state index contributed by atoms with van der Waals surface area (Å²) in [5.41, 5.74) is 1.34. The van der Waals surface area contributed by atoms with Crippen LogP contribution < -0.4 is 10.0 Å². The third-order valence-electron chi connectivity index (χ3n) is 3.90. The molecule has 9 nitrogen and oxygen atoms in total. The molecule has 0 radical (unpaired) electrons. The molecule has 0 fully saturated rings. The average Bonchev–Trinajstić information content (AvgIpc) is 3.12. The lowest BCUT2D eigenvalue weighted by atomic mass is 10.2. The van der Waals surface area contributed by atoms with E-state index in [1.165, 1.54) is 37.5 Å². The van der Waals surface area contributed by atoms with Gasteiger partial charge in [-0.3, -0.25) is 4.79 Å². The summed E-state index contributed by atoms with van der Waals surface area (Å²) in [6.07, 6.45) is 3.21. The molecule has 10 heteroatoms. The lowest BCUT2D eigenvalue weighted by Crippen LogP contribution is -2.29. The second-order valence-corrected chi connectivity index (χ2v) is 7.84. The van der Waals surface area contributed by atoms with Gasteiger partial charge in [0.15, 0.2) is 11.6 Å². The van der Waals surface area contributed by atoms with Gasteiger partial charge in [-0.15, -0.1) is 0 Å². The summed E-state index contributed by atoms with van der Waals surface area (Å²) in [4.78, 5) is 19.7. The Morgan fingerprint density at radius 1 is 1.11 bits per heavy atom. The molecular formula is C18H20N6O3S. The smallest absolute Gasteiger partial charge is 0.240 e. The van der Waals surface area contributed by atoms with Crippen LogP contribution in [0.25, 0.3) is 5.82 Å². The summed E-state index contributed by atoms with van der Waals surface area (Å²) >= 11 is 0. The highest BCUT2D eigenvalue weighted by molar-refractivity contribution is 7.89. The number of anilines is 1. The van der Waals surface area contributed by atoms with Crippen LogP contribution in [0.1, 0.15) is 23.0 Å². The molecule has 0 saturated carbocycles. The lowest BCUT2D eigenvalue weighted by Gasteiger charge is -2.09. The zero-order chi connectivity index (χ0) is 20.1. The molecule has 0 saturated heterocycles. The van der Waals surface area contributed by atoms with Crippen molar-refractivity contribution in [3.05, 3.63) is 60.2 Å². The third kappa shape index (κ3) is 4.78. The van der Waals surface area contributed by atoms with E-state index in [1.807, 2.05) is 13.0 Å². The van der Waals surface area contributed by atoms with Crippen molar-refractivity contribution in [2.75, 3.05) is 18.4 Å². The summed E-state index contributed by atoms with van der Waals surface area (Å²) in [7, 11) is -3.65. The normalized spacial score (nSPS) is 11.4. The van der Waals surface area contributed by atoms with Gasteiger partial charge in [0, 0.05) is 30.9 Å². The maximum Gasteiger partial charge on any atom is 0.240 e. The molecule has 0 unspecified atom stereocenters. The Morgan fingerprint density at radius 2 is 1.86 bits per heavy atom. The molecule has 0 bridgehead atoms. The van der Waals surface area contributed by atoms with Gasteiger partial charge in [-0.05, 0) is 32.0 Å². The Bertz CT molecular complexity index is 1080. The van der Waals surface area contributed by atoms with E-state index in [2.05, 4.69) is 25.1 Å². The molecular weight excluding hydrogens is 380 g/mol. The van der Waals surface area contributed by atoms with E-state index in [0.717, 1.165) is 5.69 Å². The van der Waals surface area contributed by atoms with Crippen molar-refractivity contribution in [3.63, 3.8) is 0 Å². The van der Waals surface area contributed by atoms with Crippen molar-refractivity contribution in [2.24, 2.45) is 0 Å². The monoisotopic (exact) mass is 400 g/mol. The molecule has 2 N–H and O–H groups in total. The zero-order valence-electron chi connectivity index (χ0n) is 15.5. The van der Waals surface area contributed by atoms with Crippen LogP contribution in [-0.2, 0) is 10.0 Å². The first kappa shape index (κ1) is 19.6. The number of Topliss-reactive ketones (excluding diaryl/α,β-unsaturated/α-hetero) is 1. The van der Waals surface area contributed by atoms with Crippen LogP contribution >= 0.6 is 0 Å². The first-order valence-electron chi connectivity index (χ1n) is 8.54. The second kappa shape index (κ2) is 8.28. The van der Waals surface area contributed by atoms with Crippen molar-refractivity contribution < 1.29 is 13.2 Å². The average molecular weight is 400 g/mol. The second-order valence-electron chi connectivity index (χ2n) is 6.07. The molecule has 0 aliphatic heterocycles. The van der Waals surface area contributed by atoms with Crippen molar-refractivity contribution in [1.29, 1.82) is 0 Å². The predicted octanol–water partition coefficient (Wildman–Crippen LogP) is 1.56. The van der Waals surface area contributed by atoms with E-state index in [-0.39, 0.29) is 17.2 Å². The topological polar surface area (TPSA) is 119 Å². The molecule has 0 aliphatic carbocycles. The zero-order valence-corrected chi connectivity index (χ0v) is 16.3. The first-order chi connectivity index (χ1) is 13.3. The molecule has 0 atom stereocenters. The van der Waals surface area contributed by atoms with E-state index >= 15 is 0 Å². The molecule has 3 rings (SSSR count). The van der Waals surface area contributed by atoms with Crippen LogP contribution in [0.5, 0.6) is 0 Å². The molecule has 2 heterocycles. The number of rotatable bonds is 8. The van der Waals surface area contributed by atoms with Crippen molar-refractivity contribution >= 4 is 21.6 Å². The Kier molecular flexibility index (Phi) is 5.81. The standard InChI is InChI=1S/C18H20N6O3S/c1-13-7-10-24(23-13)18-11-17(20-12-21-18)19-8-9-22-28(26,27)16-5-3-15(4-6-16)14(2)25/h3-7,10-12,22H,8-9H2,1-2H3,(H,19,20,21). The number of carbonyl (C=O) groups is 1. The fraction of sp³-hybridized carbons (Fsp3) is 0.222. The summed E-state index contributed by atoms with van der Waals surface area (Å²) in [6, 6.07) is 9.40. The number of aryl methyl sites for hydroxylation is 1. The van der Waals surface area contributed by atoms with E-state index in [9.17, 15) is 13.2 Å². The molecule has 0 spiro atoms. The molecule has 1 aromatic carbocycles. The lowest BCUT2D eigenvalue weighted by molar-refractivity contribution is 0.101. The van der Waals surface area contributed by atoms with E-state index < -0.39 is 10.0 Å². The Balaban J connectivity index is 1.56. The van der Waals surface area contributed by atoms with Gasteiger partial charge in [0.2, 0.25) is 10.0 Å². The summed E-state index contributed by atoms with van der Waals surface area (Å²) in [5.74, 6) is 1.05. The highest BCUT2D eigenvalue weighted by atomic mass is 32.2. The largest absolute Gasteiger partial charge is 0.369 e. The summed E-state index contributed by atoms with van der Waals surface area (Å²) < 4.78 is 28.8. The van der Waals surface area contributed by atoms with Crippen LogP contribution in [0.3, 0.4) is 0 Å². The van der Waals surface area contributed by atoms with Gasteiger partial charge >= 0.3 is 0 Å². The minimum Gasteiger partial charge on any atom is -0.369 e. The SMILES string of the molecule is CC(=O)c1ccc(S(=O)(=O)NCCNc2cc(-n3ccc(C)n3)ncn2)cc1. The van der Waals surface area contributed by atoms with E-state index in [1.54, 1.807) is 16.9 Å². The van der Waals surface area contributed by atoms with Crippen molar-refractivity contribution in [3.8, 4) is 5.82 Å². The fourth-order valence-corrected chi connectivity index (χ4v) is 3.47. The van der Waals surface area contributed by atoms with Gasteiger partial charge in [0.25, 0.3) is 0 Å². The Hall–Kier alpha value is -3.11. The number of hydrogen-bond donors (Lipinski definition) is 2. The van der Waals surface area contributed by atoms with Crippen LogP contribution in [0, 0.1) is 6.92 Å². The third-order valence-corrected chi connectivity index (χ3v) is 5.38. The van der Waals surface area contributed by atoms with Crippen LogP contribution in [0.2, 0.25) is 0 Å². The van der Waals surface area contributed by atoms with Gasteiger partial charge in [-0.2, -0.15) is 5.10 Å². The molecule has 28 heavy (non-hydrogen) atoms. The number of benzene rings is 1. The highest BCUT2D eigenvalue weighted by Gasteiger charge is 2.13. The van der Waals surface area contributed by atoms with Gasteiger partial charge < -0.3 is 5.32 Å². The maximum atomic E-state index is 12.3. The fourth-order valence-electron chi connectivity index (χ4n) is 2.44. The number of aromatic nitrogens is 4. The van der Waals surface area contributed by atoms with E-state index in [4.69, 9.17) is 0 Å². The number of sulfonamides is 1. The van der Waals surface area contributed by atoms with Gasteiger partial charge in [0.1, 0.15) is 12.1 Å². The maximum absolute atomic E-state index is 12.3. The van der Waals surface area contributed by atoms with Crippen LogP contribution in [-0.4, -0.2) is 47.0 Å². The molecule has 2 aromatic heterocycles. The molecule has 0 aliphatic rings. The molecule has 146 valence electrons. The molecule has 3 aromatic rings. The van der Waals surface area contributed by atoms with E-state index in [0.29, 0.717) is 23.7 Å². The summed E-state index contributed by atoms with van der Waals surface area (Å²) in [6.45, 7) is 3.81. The van der Waals surface area contributed by atoms with Crippen LogP contribution in [0.4, 0.5) is 5.82 Å². The van der Waals surface area contributed by atoms with Crippen molar-refractivity contribution in [1.82, 2.24) is 24.5 Å². The first-order valence-corrected chi connectivity index (χ1v) is 10.0. The number of ketones is 1. The number of carbonyl (C=O) groups excluding carboxylic acids is 1. The Morgan fingerprint density at radius 3 is 2.50 bits per heavy atom. The number of hydrogen-bond acceptors (Lipinski definition) is 7. The van der Waals surface area contributed by atoms with Gasteiger partial charge in [-0.25, -0.2) is 27.8 Å². The number of nitrogens with one attached hydrogen (secondary N) is 2. The molecule has 0 amide bonds. The predicted molar refractivity (Wildman–Crippen MR) is 104 cm³/mol. The minimum atomic E-state index is -3.65. The highest BCUT2D eigenvalue weighted by Crippen LogP contribution is 2.11. The summed E-state index contributed by atoms with van der Waals surface area (Å²) in [5, 5.41) is 7.33. The minimum absolute atomic E-state index is 0.107. The number of nitrogens with zero attached hydrogens (tertiary/aromatic N) is 4.